The zero-order valence-corrected chi connectivity index (χ0v) is 10.3. The first kappa shape index (κ1) is 12.9. The van der Waals surface area contributed by atoms with Crippen molar-refractivity contribution in [2.75, 3.05) is 19.7 Å². The quantitative estimate of drug-likeness (QED) is 0.757. The van der Waals surface area contributed by atoms with Gasteiger partial charge in [-0.3, -0.25) is 4.90 Å². The van der Waals surface area contributed by atoms with Crippen molar-refractivity contribution >= 4 is 0 Å². The second-order valence-corrected chi connectivity index (χ2v) is 4.61. The van der Waals surface area contributed by atoms with Crippen molar-refractivity contribution in [2.24, 2.45) is 0 Å². The average molecular weight is 215 g/mol. The molecule has 0 aromatic carbocycles. The van der Waals surface area contributed by atoms with Gasteiger partial charge in [0, 0.05) is 19.2 Å². The van der Waals surface area contributed by atoms with E-state index in [4.69, 9.17) is 4.74 Å². The summed E-state index contributed by atoms with van der Waals surface area (Å²) in [7, 11) is 0. The van der Waals surface area contributed by atoms with Crippen LogP contribution in [0.3, 0.4) is 0 Å². The summed E-state index contributed by atoms with van der Waals surface area (Å²) >= 11 is 0. The number of nitrogens with zero attached hydrogens (tertiary/aromatic N) is 1. The minimum Gasteiger partial charge on any atom is -0.392 e. The lowest BCUT2D eigenvalue weighted by atomic mass is 10.0. The number of rotatable bonds is 5. The largest absolute Gasteiger partial charge is 0.392 e. The fourth-order valence-corrected chi connectivity index (χ4v) is 2.06. The average Bonchev–Trinajstić information content (AvgIpc) is 2.25. The summed E-state index contributed by atoms with van der Waals surface area (Å²) in [5.41, 5.74) is 0. The molecule has 3 heteroatoms. The summed E-state index contributed by atoms with van der Waals surface area (Å²) in [6, 6.07) is 0.248. The Labute approximate surface area is 93.4 Å². The van der Waals surface area contributed by atoms with Crippen molar-refractivity contribution in [3.05, 3.63) is 0 Å². The molecule has 1 heterocycles. The molecule has 0 bridgehead atoms. The van der Waals surface area contributed by atoms with Crippen LogP contribution < -0.4 is 0 Å². The van der Waals surface area contributed by atoms with Crippen molar-refractivity contribution in [1.29, 1.82) is 0 Å². The lowest BCUT2D eigenvalue weighted by molar-refractivity contribution is -0.0287. The van der Waals surface area contributed by atoms with Crippen molar-refractivity contribution in [2.45, 2.75) is 58.3 Å². The zero-order valence-electron chi connectivity index (χ0n) is 10.3. The van der Waals surface area contributed by atoms with Crippen LogP contribution in [0.5, 0.6) is 0 Å². The molecule has 1 aliphatic rings. The summed E-state index contributed by atoms with van der Waals surface area (Å²) in [5.74, 6) is 0. The van der Waals surface area contributed by atoms with E-state index >= 15 is 0 Å². The van der Waals surface area contributed by atoms with Crippen LogP contribution in [-0.2, 0) is 4.74 Å². The Hall–Kier alpha value is -0.120. The normalized spacial score (nSPS) is 27.6. The van der Waals surface area contributed by atoms with Crippen LogP contribution in [-0.4, -0.2) is 48.0 Å². The highest BCUT2D eigenvalue weighted by Crippen LogP contribution is 2.17. The van der Waals surface area contributed by atoms with Gasteiger partial charge in [-0.1, -0.05) is 6.92 Å². The van der Waals surface area contributed by atoms with E-state index < -0.39 is 0 Å². The van der Waals surface area contributed by atoms with E-state index in [2.05, 4.69) is 18.7 Å². The fraction of sp³-hybridized carbons (Fsp3) is 1.00. The molecule has 0 aliphatic carbocycles. The van der Waals surface area contributed by atoms with Gasteiger partial charge in [-0.05, 0) is 39.7 Å². The molecule has 1 rings (SSSR count). The van der Waals surface area contributed by atoms with Gasteiger partial charge in [0.15, 0.2) is 0 Å². The van der Waals surface area contributed by atoms with Gasteiger partial charge in [-0.2, -0.15) is 0 Å². The maximum Gasteiger partial charge on any atom is 0.0702 e. The molecular weight excluding hydrogens is 190 g/mol. The van der Waals surface area contributed by atoms with Crippen molar-refractivity contribution < 1.29 is 9.84 Å². The third-order valence-electron chi connectivity index (χ3n) is 3.24. The fourth-order valence-electron chi connectivity index (χ4n) is 2.06. The van der Waals surface area contributed by atoms with Crippen LogP contribution in [0.4, 0.5) is 0 Å². The summed E-state index contributed by atoms with van der Waals surface area (Å²) in [5, 5.41) is 9.55. The Balaban J connectivity index is 2.34. The molecule has 1 fully saturated rings. The minimum atomic E-state index is -0.255. The predicted octanol–water partition coefficient (Wildman–Crippen LogP) is 1.65. The topological polar surface area (TPSA) is 32.7 Å². The third-order valence-corrected chi connectivity index (χ3v) is 3.24. The highest BCUT2D eigenvalue weighted by atomic mass is 16.5. The van der Waals surface area contributed by atoms with Crippen LogP contribution in [0.15, 0.2) is 0 Å². The molecule has 0 amide bonds. The van der Waals surface area contributed by atoms with E-state index in [1.54, 1.807) is 0 Å². The van der Waals surface area contributed by atoms with E-state index in [-0.39, 0.29) is 12.1 Å². The molecule has 0 radical (unpaired) electrons. The summed E-state index contributed by atoms with van der Waals surface area (Å²) in [4.78, 5) is 2.34. The highest BCUT2D eigenvalue weighted by Gasteiger charge is 2.25. The summed E-state index contributed by atoms with van der Waals surface area (Å²) in [6.45, 7) is 9.03. The minimum absolute atomic E-state index is 0.248. The number of hydrogen-bond donors (Lipinski definition) is 1. The van der Waals surface area contributed by atoms with Crippen molar-refractivity contribution in [3.63, 3.8) is 0 Å². The smallest absolute Gasteiger partial charge is 0.0702 e. The van der Waals surface area contributed by atoms with Crippen LogP contribution in [0, 0.1) is 0 Å². The van der Waals surface area contributed by atoms with Gasteiger partial charge in [0.05, 0.1) is 12.2 Å². The second-order valence-electron chi connectivity index (χ2n) is 4.61. The molecule has 90 valence electrons. The van der Waals surface area contributed by atoms with Crippen molar-refractivity contribution in [1.82, 2.24) is 4.90 Å². The number of aliphatic hydroxyl groups excluding tert-OH is 1. The number of piperidine rings is 1. The monoisotopic (exact) mass is 215 g/mol. The molecule has 0 saturated carbocycles. The standard InChI is InChI=1S/C12H25NO2/c1-4-8-15-12-6-5-7-13(9-12)10(2)11(3)14/h10-12,14H,4-9H2,1-3H3. The first-order valence-corrected chi connectivity index (χ1v) is 6.18. The first-order chi connectivity index (χ1) is 7.15. The maximum atomic E-state index is 9.55. The lowest BCUT2D eigenvalue weighted by Gasteiger charge is -2.37. The van der Waals surface area contributed by atoms with E-state index in [1.807, 2.05) is 6.92 Å². The molecular formula is C12H25NO2. The Kier molecular flexibility index (Phi) is 5.58. The van der Waals surface area contributed by atoms with E-state index in [9.17, 15) is 5.11 Å². The van der Waals surface area contributed by atoms with Gasteiger partial charge < -0.3 is 9.84 Å². The Bertz CT molecular complexity index is 173. The Morgan fingerprint density at radius 1 is 1.47 bits per heavy atom. The van der Waals surface area contributed by atoms with Crippen LogP contribution >= 0.6 is 0 Å². The molecule has 3 nitrogen and oxygen atoms in total. The highest BCUT2D eigenvalue weighted by molar-refractivity contribution is 4.79. The second kappa shape index (κ2) is 6.46. The number of hydrogen-bond acceptors (Lipinski definition) is 3. The van der Waals surface area contributed by atoms with Gasteiger partial charge in [0.2, 0.25) is 0 Å². The van der Waals surface area contributed by atoms with Gasteiger partial charge in [-0.25, -0.2) is 0 Å². The molecule has 1 saturated heterocycles. The summed E-state index contributed by atoms with van der Waals surface area (Å²) in [6.07, 6.45) is 3.56. The van der Waals surface area contributed by atoms with Gasteiger partial charge in [-0.15, -0.1) is 0 Å². The maximum absolute atomic E-state index is 9.55. The van der Waals surface area contributed by atoms with Crippen molar-refractivity contribution in [3.8, 4) is 0 Å². The Morgan fingerprint density at radius 3 is 2.80 bits per heavy atom. The van der Waals surface area contributed by atoms with Crippen LogP contribution in [0.2, 0.25) is 0 Å². The molecule has 15 heavy (non-hydrogen) atoms. The lowest BCUT2D eigenvalue weighted by Crippen LogP contribution is -2.48. The third kappa shape index (κ3) is 4.09. The summed E-state index contributed by atoms with van der Waals surface area (Å²) < 4.78 is 5.77. The van der Waals surface area contributed by atoms with Crippen LogP contribution in [0.1, 0.15) is 40.0 Å². The predicted molar refractivity (Wildman–Crippen MR) is 62.0 cm³/mol. The van der Waals surface area contributed by atoms with E-state index in [0.29, 0.717) is 6.10 Å². The SMILES string of the molecule is CCCOC1CCCN(C(C)C(C)O)C1. The number of likely N-dealkylation sites (tertiary alicyclic amines) is 1. The number of aliphatic hydroxyl groups is 1. The van der Waals surface area contributed by atoms with E-state index in [1.165, 1.54) is 12.8 Å². The van der Waals surface area contributed by atoms with Crippen LogP contribution in [0.25, 0.3) is 0 Å². The molecule has 1 N–H and O–H groups in total. The van der Waals surface area contributed by atoms with E-state index in [0.717, 1.165) is 26.1 Å². The molecule has 0 spiro atoms. The van der Waals surface area contributed by atoms with Gasteiger partial charge >= 0.3 is 0 Å². The molecule has 3 unspecified atom stereocenters. The van der Waals surface area contributed by atoms with Gasteiger partial charge in [0.1, 0.15) is 0 Å². The van der Waals surface area contributed by atoms with Gasteiger partial charge in [0.25, 0.3) is 0 Å². The molecule has 3 atom stereocenters. The zero-order chi connectivity index (χ0) is 11.3. The Morgan fingerprint density at radius 2 is 2.20 bits per heavy atom. The molecule has 0 aromatic rings. The molecule has 0 aromatic heterocycles. The first-order valence-electron chi connectivity index (χ1n) is 6.18. The molecule has 1 aliphatic heterocycles. The number of ether oxygens (including phenoxy) is 1.